The van der Waals surface area contributed by atoms with Crippen molar-refractivity contribution in [3.63, 3.8) is 0 Å². The van der Waals surface area contributed by atoms with Crippen molar-refractivity contribution in [3.8, 4) is 0 Å². The fourth-order valence-electron chi connectivity index (χ4n) is 2.57. The summed E-state index contributed by atoms with van der Waals surface area (Å²) in [6, 6.07) is 14.5. The minimum Gasteiger partial charge on any atom is -0.348 e. The van der Waals surface area contributed by atoms with E-state index in [2.05, 4.69) is 65.5 Å². The first-order chi connectivity index (χ1) is 11.2. The molecule has 116 valence electrons. The third-order valence-corrected chi connectivity index (χ3v) is 3.92. The molecule has 0 aliphatic heterocycles. The molecule has 1 aromatic heterocycles. The van der Waals surface area contributed by atoms with E-state index in [1.165, 1.54) is 5.56 Å². The number of aromatic nitrogens is 1. The Bertz CT molecular complexity index is 727. The molecule has 1 aromatic carbocycles. The molecule has 0 N–H and O–H groups in total. The van der Waals surface area contributed by atoms with Crippen LogP contribution in [0.25, 0.3) is 0 Å². The van der Waals surface area contributed by atoms with Crippen molar-refractivity contribution in [2.45, 2.75) is 19.5 Å². The first-order valence-electron chi connectivity index (χ1n) is 7.84. The van der Waals surface area contributed by atoms with Crippen LogP contribution in [0, 0.1) is 6.92 Å². The lowest BCUT2D eigenvalue weighted by molar-refractivity contribution is 0.705. The van der Waals surface area contributed by atoms with Crippen LogP contribution < -0.4 is 4.90 Å². The molecule has 1 aliphatic carbocycles. The molecule has 2 aromatic rings. The van der Waals surface area contributed by atoms with Crippen LogP contribution in [-0.2, 0) is 0 Å². The Morgan fingerprint density at radius 1 is 1.09 bits per heavy atom. The van der Waals surface area contributed by atoms with Crippen LogP contribution in [0.4, 0.5) is 5.69 Å². The van der Waals surface area contributed by atoms with Crippen LogP contribution in [0.5, 0.6) is 0 Å². The van der Waals surface area contributed by atoms with Gasteiger partial charge >= 0.3 is 0 Å². The SMILES string of the molecule is Cc1ccc(N(C)C(/N=C2/C=CC=CC2)c2ccccc2)cn1. The molecule has 23 heavy (non-hydrogen) atoms. The Morgan fingerprint density at radius 3 is 2.57 bits per heavy atom. The maximum absolute atomic E-state index is 4.98. The molecule has 0 radical (unpaired) electrons. The van der Waals surface area contributed by atoms with Gasteiger partial charge in [0.05, 0.1) is 11.9 Å². The van der Waals surface area contributed by atoms with E-state index in [4.69, 9.17) is 4.99 Å². The lowest BCUT2D eigenvalue weighted by atomic mass is 10.1. The summed E-state index contributed by atoms with van der Waals surface area (Å²) in [5.74, 6) is 0. The van der Waals surface area contributed by atoms with E-state index < -0.39 is 0 Å². The normalized spacial score (nSPS) is 16.5. The van der Waals surface area contributed by atoms with Crippen molar-refractivity contribution in [2.75, 3.05) is 11.9 Å². The number of anilines is 1. The molecule has 1 heterocycles. The highest BCUT2D eigenvalue weighted by molar-refractivity contribution is 5.97. The molecule has 1 unspecified atom stereocenters. The Morgan fingerprint density at radius 2 is 1.91 bits per heavy atom. The zero-order valence-corrected chi connectivity index (χ0v) is 13.6. The van der Waals surface area contributed by atoms with Crippen molar-refractivity contribution in [3.05, 3.63) is 84.2 Å². The summed E-state index contributed by atoms with van der Waals surface area (Å²) in [5.41, 5.74) is 4.34. The summed E-state index contributed by atoms with van der Waals surface area (Å²) in [5, 5.41) is 0. The molecule has 0 saturated heterocycles. The predicted octanol–water partition coefficient (Wildman–Crippen LogP) is 4.48. The van der Waals surface area contributed by atoms with Gasteiger partial charge in [0.25, 0.3) is 0 Å². The van der Waals surface area contributed by atoms with Crippen molar-refractivity contribution in [1.29, 1.82) is 0 Å². The Balaban J connectivity index is 1.96. The number of aliphatic imine (C=N–C) groups is 1. The third-order valence-electron chi connectivity index (χ3n) is 3.92. The molecule has 1 aliphatic rings. The summed E-state index contributed by atoms with van der Waals surface area (Å²) >= 11 is 0. The van der Waals surface area contributed by atoms with Crippen LogP contribution in [0.2, 0.25) is 0 Å². The van der Waals surface area contributed by atoms with Crippen LogP contribution >= 0.6 is 0 Å². The largest absolute Gasteiger partial charge is 0.348 e. The van der Waals surface area contributed by atoms with E-state index in [1.54, 1.807) is 0 Å². The van der Waals surface area contributed by atoms with E-state index in [0.29, 0.717) is 0 Å². The predicted molar refractivity (Wildman–Crippen MR) is 96.9 cm³/mol. The second-order valence-corrected chi connectivity index (χ2v) is 5.66. The molecule has 1 atom stereocenters. The minimum atomic E-state index is -0.0631. The van der Waals surface area contributed by atoms with E-state index in [9.17, 15) is 0 Å². The van der Waals surface area contributed by atoms with Gasteiger partial charge in [-0.15, -0.1) is 0 Å². The molecule has 0 fully saturated rings. The number of nitrogens with zero attached hydrogens (tertiary/aromatic N) is 3. The summed E-state index contributed by atoms with van der Waals surface area (Å²) in [7, 11) is 2.07. The topological polar surface area (TPSA) is 28.5 Å². The number of pyridine rings is 1. The van der Waals surface area contributed by atoms with Crippen LogP contribution in [0.3, 0.4) is 0 Å². The van der Waals surface area contributed by atoms with Gasteiger partial charge in [-0.1, -0.05) is 48.6 Å². The first-order valence-corrected chi connectivity index (χ1v) is 7.84. The fourth-order valence-corrected chi connectivity index (χ4v) is 2.57. The van der Waals surface area contributed by atoms with Crippen molar-refractivity contribution in [1.82, 2.24) is 4.98 Å². The lowest BCUT2D eigenvalue weighted by Gasteiger charge is -2.28. The molecule has 0 bridgehead atoms. The van der Waals surface area contributed by atoms with Crippen LogP contribution in [-0.4, -0.2) is 17.7 Å². The highest BCUT2D eigenvalue weighted by Crippen LogP contribution is 2.27. The second-order valence-electron chi connectivity index (χ2n) is 5.66. The summed E-state index contributed by atoms with van der Waals surface area (Å²) in [4.78, 5) is 11.6. The number of hydrogen-bond acceptors (Lipinski definition) is 3. The fraction of sp³-hybridized carbons (Fsp3) is 0.200. The maximum atomic E-state index is 4.98. The Labute approximate surface area is 137 Å². The molecule has 0 saturated carbocycles. The van der Waals surface area contributed by atoms with Crippen molar-refractivity contribution in [2.24, 2.45) is 4.99 Å². The quantitative estimate of drug-likeness (QED) is 0.833. The Hall–Kier alpha value is -2.68. The van der Waals surface area contributed by atoms with Gasteiger partial charge in [-0.05, 0) is 30.7 Å². The zero-order chi connectivity index (χ0) is 16.1. The lowest BCUT2D eigenvalue weighted by Crippen LogP contribution is -2.24. The number of hydrogen-bond donors (Lipinski definition) is 0. The average molecular weight is 303 g/mol. The number of aryl methyl sites for hydroxylation is 1. The molecular formula is C20H21N3. The van der Waals surface area contributed by atoms with Crippen LogP contribution in [0.1, 0.15) is 23.8 Å². The van der Waals surface area contributed by atoms with Gasteiger partial charge in [-0.2, -0.15) is 0 Å². The van der Waals surface area contributed by atoms with Gasteiger partial charge in [0.15, 0.2) is 0 Å². The zero-order valence-electron chi connectivity index (χ0n) is 13.6. The molecule has 0 spiro atoms. The molecule has 0 amide bonds. The Kier molecular flexibility index (Phi) is 4.67. The molecular weight excluding hydrogens is 282 g/mol. The standard InChI is InChI=1S/C20H21N3/c1-16-13-14-19(15-21-16)23(2)20(17-9-5-3-6-10-17)22-18-11-7-4-8-12-18/h3-11,13-15,20H,12H2,1-2H3/b22-18-. The smallest absolute Gasteiger partial charge is 0.147 e. The average Bonchev–Trinajstić information content (AvgIpc) is 2.61. The van der Waals surface area contributed by atoms with Crippen LogP contribution in [0.15, 0.2) is 78.0 Å². The highest BCUT2D eigenvalue weighted by Gasteiger charge is 2.17. The molecule has 3 heteroatoms. The van der Waals surface area contributed by atoms with E-state index in [1.807, 2.05) is 31.3 Å². The van der Waals surface area contributed by atoms with Crippen molar-refractivity contribution < 1.29 is 0 Å². The monoisotopic (exact) mass is 303 g/mol. The minimum absolute atomic E-state index is 0.0631. The van der Waals surface area contributed by atoms with Gasteiger partial charge in [-0.25, -0.2) is 0 Å². The van der Waals surface area contributed by atoms with Gasteiger partial charge in [0.1, 0.15) is 6.17 Å². The number of benzene rings is 1. The summed E-state index contributed by atoms with van der Waals surface area (Å²) < 4.78 is 0. The van der Waals surface area contributed by atoms with Gasteiger partial charge < -0.3 is 4.90 Å². The number of rotatable bonds is 4. The van der Waals surface area contributed by atoms with E-state index in [-0.39, 0.29) is 6.17 Å². The maximum Gasteiger partial charge on any atom is 0.147 e. The second kappa shape index (κ2) is 7.05. The summed E-state index contributed by atoms with van der Waals surface area (Å²) in [6.07, 6.45) is 11.0. The highest BCUT2D eigenvalue weighted by atomic mass is 15.2. The molecule has 3 nitrogen and oxygen atoms in total. The molecule has 3 rings (SSSR count). The van der Waals surface area contributed by atoms with Gasteiger partial charge in [-0.3, -0.25) is 9.98 Å². The van der Waals surface area contributed by atoms with Crippen molar-refractivity contribution >= 4 is 11.4 Å². The third kappa shape index (κ3) is 3.75. The van der Waals surface area contributed by atoms with Gasteiger partial charge in [0, 0.05) is 24.9 Å². The van der Waals surface area contributed by atoms with E-state index in [0.717, 1.165) is 23.5 Å². The summed E-state index contributed by atoms with van der Waals surface area (Å²) in [6.45, 7) is 2.00. The van der Waals surface area contributed by atoms with E-state index >= 15 is 0 Å². The number of allylic oxidation sites excluding steroid dienone is 4. The van der Waals surface area contributed by atoms with Gasteiger partial charge in [0.2, 0.25) is 0 Å². The first kappa shape index (κ1) is 15.2.